The van der Waals surface area contributed by atoms with Crippen molar-refractivity contribution >= 4 is 10.0 Å². The van der Waals surface area contributed by atoms with Gasteiger partial charge in [0.05, 0.1) is 6.26 Å². The Morgan fingerprint density at radius 3 is 2.58 bits per heavy atom. The van der Waals surface area contributed by atoms with Gasteiger partial charge in [0.1, 0.15) is 10.6 Å². The lowest BCUT2D eigenvalue weighted by Gasteiger charge is -2.29. The normalized spacial score (nSPS) is 17.0. The zero-order chi connectivity index (χ0) is 18.3. The topological polar surface area (TPSA) is 115 Å². The molecule has 0 atom stereocenters. The number of hydrogen-bond donors (Lipinski definition) is 0. The van der Waals surface area contributed by atoms with Gasteiger partial charge in [-0.25, -0.2) is 8.42 Å². The highest BCUT2D eigenvalue weighted by atomic mass is 32.2. The number of furan rings is 1. The van der Waals surface area contributed by atoms with E-state index in [1.807, 2.05) is 0 Å². The molecule has 1 saturated heterocycles. The molecular weight excluding hydrogens is 360 g/mol. The van der Waals surface area contributed by atoms with Gasteiger partial charge in [0, 0.05) is 19.0 Å². The Balaban J connectivity index is 1.48. The number of hydrogen-bond acceptors (Lipinski definition) is 8. The van der Waals surface area contributed by atoms with Crippen LogP contribution >= 0.6 is 0 Å². The minimum absolute atomic E-state index is 0.0160. The minimum Gasteiger partial charge on any atom is -0.459 e. The fourth-order valence-corrected chi connectivity index (χ4v) is 4.98. The Hall–Kier alpha value is -2.46. The van der Waals surface area contributed by atoms with Crippen molar-refractivity contribution in [2.24, 2.45) is 0 Å². The largest absolute Gasteiger partial charge is 0.459 e. The summed E-state index contributed by atoms with van der Waals surface area (Å²) in [5.41, 5.74) is 0.379. The monoisotopic (exact) mass is 378 g/mol. The first-order valence-electron chi connectivity index (χ1n) is 8.27. The van der Waals surface area contributed by atoms with E-state index in [0.29, 0.717) is 54.9 Å². The summed E-state index contributed by atoms with van der Waals surface area (Å²) in [4.78, 5) is 0.161. The first-order valence-corrected chi connectivity index (χ1v) is 9.71. The fourth-order valence-electron chi connectivity index (χ4n) is 3.21. The zero-order valence-electron chi connectivity index (χ0n) is 14.4. The van der Waals surface area contributed by atoms with E-state index < -0.39 is 10.0 Å². The van der Waals surface area contributed by atoms with Crippen molar-refractivity contribution in [2.45, 2.75) is 37.5 Å². The number of sulfonamides is 1. The molecule has 0 N–H and O–H groups in total. The molecule has 0 bridgehead atoms. The molecule has 0 aromatic carbocycles. The van der Waals surface area contributed by atoms with Crippen LogP contribution < -0.4 is 0 Å². The van der Waals surface area contributed by atoms with Crippen LogP contribution in [0.15, 0.2) is 36.6 Å². The Morgan fingerprint density at radius 2 is 1.96 bits per heavy atom. The van der Waals surface area contributed by atoms with Crippen LogP contribution in [-0.2, 0) is 10.0 Å². The van der Waals surface area contributed by atoms with Crippen molar-refractivity contribution in [1.82, 2.24) is 19.7 Å². The van der Waals surface area contributed by atoms with Crippen LogP contribution in [0, 0.1) is 13.8 Å². The lowest BCUT2D eigenvalue weighted by Crippen LogP contribution is -2.38. The standard InChI is InChI=1S/C16H18N4O5S/c1-10-14(11(2)25-19-10)26(21,22)20-7-5-12(6-8-20)15-17-18-16(24-15)13-4-3-9-23-13/h3-4,9,12H,5-8H2,1-2H3. The number of rotatable bonds is 4. The summed E-state index contributed by atoms with van der Waals surface area (Å²) in [7, 11) is -3.62. The molecule has 0 saturated carbocycles. The van der Waals surface area contributed by atoms with E-state index in [4.69, 9.17) is 13.4 Å². The average molecular weight is 378 g/mol. The zero-order valence-corrected chi connectivity index (χ0v) is 15.2. The van der Waals surface area contributed by atoms with Gasteiger partial charge in [-0.15, -0.1) is 10.2 Å². The summed E-state index contributed by atoms with van der Waals surface area (Å²) in [6.45, 7) is 3.98. The van der Waals surface area contributed by atoms with Crippen LogP contribution in [0.3, 0.4) is 0 Å². The molecule has 0 amide bonds. The summed E-state index contributed by atoms with van der Waals surface area (Å²) in [6.07, 6.45) is 2.74. The van der Waals surface area contributed by atoms with Crippen molar-refractivity contribution in [2.75, 3.05) is 13.1 Å². The molecule has 0 radical (unpaired) electrons. The molecule has 0 spiro atoms. The van der Waals surface area contributed by atoms with Crippen molar-refractivity contribution < 1.29 is 21.8 Å². The van der Waals surface area contributed by atoms with E-state index in [1.165, 1.54) is 10.6 Å². The van der Waals surface area contributed by atoms with E-state index in [0.717, 1.165) is 0 Å². The van der Waals surface area contributed by atoms with Crippen molar-refractivity contribution in [1.29, 1.82) is 0 Å². The first-order chi connectivity index (χ1) is 12.5. The minimum atomic E-state index is -3.62. The molecule has 4 rings (SSSR count). The molecule has 0 aliphatic carbocycles. The van der Waals surface area contributed by atoms with Crippen molar-refractivity contribution in [3.8, 4) is 11.7 Å². The van der Waals surface area contributed by atoms with E-state index in [9.17, 15) is 8.42 Å². The van der Waals surface area contributed by atoms with Gasteiger partial charge in [-0.1, -0.05) is 5.16 Å². The molecule has 0 unspecified atom stereocenters. The van der Waals surface area contributed by atoms with Gasteiger partial charge in [-0.05, 0) is 38.8 Å². The molecule has 138 valence electrons. The second-order valence-corrected chi connectivity index (χ2v) is 8.13. The van der Waals surface area contributed by atoms with E-state index >= 15 is 0 Å². The van der Waals surface area contributed by atoms with Crippen molar-refractivity contribution in [3.05, 3.63) is 35.7 Å². The highest BCUT2D eigenvalue weighted by Crippen LogP contribution is 2.32. The molecule has 1 aliphatic rings. The quantitative estimate of drug-likeness (QED) is 0.680. The highest BCUT2D eigenvalue weighted by Gasteiger charge is 2.35. The summed E-state index contributed by atoms with van der Waals surface area (Å²) in [5, 5.41) is 11.8. The third-order valence-electron chi connectivity index (χ3n) is 4.54. The molecule has 10 heteroatoms. The smallest absolute Gasteiger partial charge is 0.283 e. The number of nitrogens with zero attached hydrogens (tertiary/aromatic N) is 4. The predicted octanol–water partition coefficient (Wildman–Crippen LogP) is 2.50. The third-order valence-corrected chi connectivity index (χ3v) is 6.69. The summed E-state index contributed by atoms with van der Waals surface area (Å²) in [5.74, 6) is 1.68. The maximum absolute atomic E-state index is 12.9. The van der Waals surface area contributed by atoms with Gasteiger partial charge >= 0.3 is 0 Å². The molecule has 9 nitrogen and oxygen atoms in total. The Labute approximate surface area is 150 Å². The van der Waals surface area contributed by atoms with E-state index in [1.54, 1.807) is 26.0 Å². The number of aromatic nitrogens is 3. The second kappa shape index (κ2) is 6.36. The second-order valence-electron chi connectivity index (χ2n) is 6.25. The maximum Gasteiger partial charge on any atom is 0.283 e. The summed E-state index contributed by atoms with van der Waals surface area (Å²) in [6, 6.07) is 3.49. The number of aryl methyl sites for hydroxylation is 2. The SMILES string of the molecule is Cc1noc(C)c1S(=O)(=O)N1CCC(c2nnc(-c3ccco3)o2)CC1. The highest BCUT2D eigenvalue weighted by molar-refractivity contribution is 7.89. The summed E-state index contributed by atoms with van der Waals surface area (Å²) >= 11 is 0. The van der Waals surface area contributed by atoms with Gasteiger partial charge in [0.15, 0.2) is 11.5 Å². The van der Waals surface area contributed by atoms with E-state index in [-0.39, 0.29) is 10.8 Å². The molecule has 4 heterocycles. The lowest BCUT2D eigenvalue weighted by atomic mass is 9.98. The van der Waals surface area contributed by atoms with Crippen LogP contribution in [0.1, 0.15) is 36.1 Å². The molecule has 26 heavy (non-hydrogen) atoms. The van der Waals surface area contributed by atoms with Crippen molar-refractivity contribution in [3.63, 3.8) is 0 Å². The van der Waals surface area contributed by atoms with Gasteiger partial charge in [0.25, 0.3) is 5.89 Å². The maximum atomic E-state index is 12.9. The Morgan fingerprint density at radius 1 is 1.19 bits per heavy atom. The Kier molecular flexibility index (Phi) is 4.16. The molecular formula is C16H18N4O5S. The molecule has 1 aliphatic heterocycles. The van der Waals surface area contributed by atoms with Gasteiger partial charge in [0.2, 0.25) is 15.9 Å². The molecule has 1 fully saturated rings. The first kappa shape index (κ1) is 17.0. The average Bonchev–Trinajstić information content (AvgIpc) is 3.35. The number of piperidine rings is 1. The van der Waals surface area contributed by atoms with E-state index in [2.05, 4.69) is 15.4 Å². The van der Waals surface area contributed by atoms with Gasteiger partial charge in [-0.3, -0.25) is 0 Å². The van der Waals surface area contributed by atoms with Crippen LogP contribution in [0.4, 0.5) is 0 Å². The molecule has 3 aromatic rings. The third kappa shape index (κ3) is 2.84. The fraction of sp³-hybridized carbons (Fsp3) is 0.438. The van der Waals surface area contributed by atoms with Crippen LogP contribution in [0.2, 0.25) is 0 Å². The lowest BCUT2D eigenvalue weighted by molar-refractivity contribution is 0.290. The van der Waals surface area contributed by atoms with Crippen LogP contribution in [-0.4, -0.2) is 41.2 Å². The van der Waals surface area contributed by atoms with Crippen LogP contribution in [0.25, 0.3) is 11.7 Å². The van der Waals surface area contributed by atoms with Gasteiger partial charge in [-0.2, -0.15) is 4.31 Å². The van der Waals surface area contributed by atoms with Gasteiger partial charge < -0.3 is 13.4 Å². The van der Waals surface area contributed by atoms with Crippen LogP contribution in [0.5, 0.6) is 0 Å². The predicted molar refractivity (Wildman–Crippen MR) is 88.7 cm³/mol. The summed E-state index contributed by atoms with van der Waals surface area (Å²) < 4.78 is 43.1. The Bertz CT molecular complexity index is 978. The molecule has 3 aromatic heterocycles.